The monoisotopic (exact) mass is 285 g/mol. The Bertz CT molecular complexity index is 328. The lowest BCUT2D eigenvalue weighted by Gasteiger charge is -2.28. The van der Waals surface area contributed by atoms with Crippen molar-refractivity contribution in [3.63, 3.8) is 0 Å². The first-order valence-electron chi connectivity index (χ1n) is 6.86. The summed E-state index contributed by atoms with van der Waals surface area (Å²) in [5.41, 5.74) is 1.16. The molecule has 1 fully saturated rings. The number of hydrogen-bond donors (Lipinski definition) is 1. The van der Waals surface area contributed by atoms with Crippen molar-refractivity contribution >= 4 is 12.4 Å². The molecule has 2 rings (SSSR count). The molecule has 1 unspecified atom stereocenters. The fourth-order valence-electron chi connectivity index (χ4n) is 2.38. The third kappa shape index (κ3) is 6.39. The van der Waals surface area contributed by atoms with E-state index in [2.05, 4.69) is 4.90 Å². The van der Waals surface area contributed by atoms with Crippen molar-refractivity contribution < 1.29 is 9.84 Å². The Labute approximate surface area is 122 Å². The molecule has 1 aliphatic rings. The van der Waals surface area contributed by atoms with Crippen LogP contribution in [-0.2, 0) is 11.3 Å². The molecule has 1 aromatic rings. The number of aliphatic hydroxyl groups is 1. The maximum atomic E-state index is 9.91. The van der Waals surface area contributed by atoms with Gasteiger partial charge in [-0.3, -0.25) is 0 Å². The van der Waals surface area contributed by atoms with Crippen molar-refractivity contribution in [2.24, 2.45) is 0 Å². The Morgan fingerprint density at radius 2 is 1.79 bits per heavy atom. The zero-order chi connectivity index (χ0) is 12.6. The summed E-state index contributed by atoms with van der Waals surface area (Å²) in [6.45, 7) is 3.99. The van der Waals surface area contributed by atoms with Gasteiger partial charge in [0.25, 0.3) is 0 Å². The van der Waals surface area contributed by atoms with Crippen LogP contribution in [0.4, 0.5) is 0 Å². The van der Waals surface area contributed by atoms with Gasteiger partial charge in [-0.25, -0.2) is 0 Å². The average Bonchev–Trinajstić information content (AvgIpc) is 2.41. The molecular weight excluding hydrogens is 262 g/mol. The summed E-state index contributed by atoms with van der Waals surface area (Å²) in [4.78, 5) is 2.33. The van der Waals surface area contributed by atoms with E-state index in [1.165, 1.54) is 19.3 Å². The summed E-state index contributed by atoms with van der Waals surface area (Å²) >= 11 is 0. The van der Waals surface area contributed by atoms with Gasteiger partial charge in [-0.1, -0.05) is 36.8 Å². The second kappa shape index (κ2) is 9.32. The minimum atomic E-state index is -0.369. The number of likely N-dealkylation sites (tertiary alicyclic amines) is 1. The number of halogens is 1. The van der Waals surface area contributed by atoms with Crippen LogP contribution in [0.1, 0.15) is 24.8 Å². The summed E-state index contributed by atoms with van der Waals surface area (Å²) in [6.07, 6.45) is 3.48. The minimum Gasteiger partial charge on any atom is -0.389 e. The van der Waals surface area contributed by atoms with Crippen LogP contribution < -0.4 is 0 Å². The number of ether oxygens (including phenoxy) is 1. The van der Waals surface area contributed by atoms with E-state index in [-0.39, 0.29) is 18.5 Å². The van der Waals surface area contributed by atoms with Gasteiger partial charge in [-0.15, -0.1) is 12.4 Å². The fraction of sp³-hybridized carbons (Fsp3) is 0.600. The maximum Gasteiger partial charge on any atom is 0.0900 e. The van der Waals surface area contributed by atoms with E-state index in [1.807, 2.05) is 30.3 Å². The normalized spacial score (nSPS) is 17.7. The molecule has 1 aliphatic heterocycles. The molecule has 0 amide bonds. The SMILES string of the molecule is Cl.OC(COCc1ccccc1)CN1CCCCC1. The van der Waals surface area contributed by atoms with E-state index < -0.39 is 0 Å². The summed E-state index contributed by atoms with van der Waals surface area (Å²) in [5.74, 6) is 0. The average molecular weight is 286 g/mol. The molecule has 4 heteroatoms. The molecule has 1 heterocycles. The largest absolute Gasteiger partial charge is 0.389 e. The summed E-state index contributed by atoms with van der Waals surface area (Å²) in [7, 11) is 0. The van der Waals surface area contributed by atoms with Gasteiger partial charge in [0.1, 0.15) is 0 Å². The van der Waals surface area contributed by atoms with Crippen molar-refractivity contribution in [2.45, 2.75) is 32.0 Å². The van der Waals surface area contributed by atoms with Gasteiger partial charge in [-0.05, 0) is 31.5 Å². The molecule has 0 radical (unpaired) electrons. The van der Waals surface area contributed by atoms with Crippen LogP contribution in [0, 0.1) is 0 Å². The van der Waals surface area contributed by atoms with Crippen LogP contribution >= 0.6 is 12.4 Å². The van der Waals surface area contributed by atoms with Gasteiger partial charge in [0, 0.05) is 6.54 Å². The Hall–Kier alpha value is -0.610. The quantitative estimate of drug-likeness (QED) is 0.872. The number of β-amino-alcohol motifs (C(OH)–C–C–N with tert-alkyl or cyclic N) is 1. The third-order valence-electron chi connectivity index (χ3n) is 3.34. The van der Waals surface area contributed by atoms with E-state index >= 15 is 0 Å². The highest BCUT2D eigenvalue weighted by molar-refractivity contribution is 5.85. The van der Waals surface area contributed by atoms with Crippen LogP contribution in [0.5, 0.6) is 0 Å². The number of benzene rings is 1. The molecular formula is C15H24ClNO2. The summed E-state index contributed by atoms with van der Waals surface area (Å²) < 4.78 is 5.55. The smallest absolute Gasteiger partial charge is 0.0900 e. The molecule has 1 aromatic carbocycles. The first-order chi connectivity index (χ1) is 8.84. The Kier molecular flexibility index (Phi) is 8.07. The van der Waals surface area contributed by atoms with Crippen LogP contribution in [-0.4, -0.2) is 42.4 Å². The van der Waals surface area contributed by atoms with Gasteiger partial charge < -0.3 is 14.7 Å². The summed E-state index contributed by atoms with van der Waals surface area (Å²) in [6, 6.07) is 10.1. The van der Waals surface area contributed by atoms with Crippen LogP contribution in [0.15, 0.2) is 30.3 Å². The first-order valence-corrected chi connectivity index (χ1v) is 6.86. The van der Waals surface area contributed by atoms with Crippen molar-refractivity contribution in [3.8, 4) is 0 Å². The van der Waals surface area contributed by atoms with Crippen LogP contribution in [0.25, 0.3) is 0 Å². The van der Waals surface area contributed by atoms with Gasteiger partial charge in [-0.2, -0.15) is 0 Å². The van der Waals surface area contributed by atoms with Crippen molar-refractivity contribution in [2.75, 3.05) is 26.2 Å². The van der Waals surface area contributed by atoms with E-state index in [4.69, 9.17) is 4.74 Å². The van der Waals surface area contributed by atoms with Crippen molar-refractivity contribution in [1.82, 2.24) is 4.90 Å². The molecule has 3 nitrogen and oxygen atoms in total. The fourth-order valence-corrected chi connectivity index (χ4v) is 2.38. The zero-order valence-corrected chi connectivity index (χ0v) is 12.1. The van der Waals surface area contributed by atoms with Crippen molar-refractivity contribution in [3.05, 3.63) is 35.9 Å². The topological polar surface area (TPSA) is 32.7 Å². The van der Waals surface area contributed by atoms with E-state index in [0.29, 0.717) is 13.2 Å². The molecule has 0 aliphatic carbocycles. The Morgan fingerprint density at radius 1 is 1.11 bits per heavy atom. The Balaban J connectivity index is 0.00000180. The second-order valence-corrected chi connectivity index (χ2v) is 5.02. The molecule has 0 aromatic heterocycles. The highest BCUT2D eigenvalue weighted by Gasteiger charge is 2.14. The maximum absolute atomic E-state index is 9.91. The molecule has 0 bridgehead atoms. The lowest BCUT2D eigenvalue weighted by Crippen LogP contribution is -2.38. The third-order valence-corrected chi connectivity index (χ3v) is 3.34. The van der Waals surface area contributed by atoms with E-state index in [0.717, 1.165) is 25.2 Å². The van der Waals surface area contributed by atoms with Crippen LogP contribution in [0.2, 0.25) is 0 Å². The standard InChI is InChI=1S/C15H23NO2.ClH/c17-15(11-16-9-5-2-6-10-16)13-18-12-14-7-3-1-4-8-14;/h1,3-4,7-8,15,17H,2,5-6,9-13H2;1H. The van der Waals surface area contributed by atoms with Gasteiger partial charge in [0.15, 0.2) is 0 Å². The lowest BCUT2D eigenvalue weighted by atomic mass is 10.1. The molecule has 19 heavy (non-hydrogen) atoms. The lowest BCUT2D eigenvalue weighted by molar-refractivity contribution is 0.00713. The minimum absolute atomic E-state index is 0. The van der Waals surface area contributed by atoms with Gasteiger partial charge in [0.05, 0.1) is 19.3 Å². The molecule has 1 saturated heterocycles. The van der Waals surface area contributed by atoms with E-state index in [9.17, 15) is 5.11 Å². The highest BCUT2D eigenvalue weighted by Crippen LogP contribution is 2.09. The zero-order valence-electron chi connectivity index (χ0n) is 11.3. The molecule has 108 valence electrons. The van der Waals surface area contributed by atoms with Gasteiger partial charge in [0.2, 0.25) is 0 Å². The number of piperidine rings is 1. The molecule has 0 saturated carbocycles. The second-order valence-electron chi connectivity index (χ2n) is 5.02. The highest BCUT2D eigenvalue weighted by atomic mass is 35.5. The predicted molar refractivity (Wildman–Crippen MR) is 79.6 cm³/mol. The number of nitrogens with zero attached hydrogens (tertiary/aromatic N) is 1. The molecule has 1 N–H and O–H groups in total. The number of hydrogen-bond acceptors (Lipinski definition) is 3. The number of rotatable bonds is 6. The van der Waals surface area contributed by atoms with Crippen molar-refractivity contribution in [1.29, 1.82) is 0 Å². The molecule has 0 spiro atoms. The number of aliphatic hydroxyl groups excluding tert-OH is 1. The van der Waals surface area contributed by atoms with Crippen LogP contribution in [0.3, 0.4) is 0 Å². The van der Waals surface area contributed by atoms with Gasteiger partial charge >= 0.3 is 0 Å². The predicted octanol–water partition coefficient (Wildman–Crippen LogP) is 2.47. The first kappa shape index (κ1) is 16.4. The Morgan fingerprint density at radius 3 is 2.47 bits per heavy atom. The molecule has 1 atom stereocenters. The van der Waals surface area contributed by atoms with E-state index in [1.54, 1.807) is 0 Å². The summed E-state index contributed by atoms with van der Waals surface area (Å²) in [5, 5.41) is 9.91.